The highest BCUT2D eigenvalue weighted by molar-refractivity contribution is 9.09. The van der Waals surface area contributed by atoms with E-state index in [9.17, 15) is 0 Å². The van der Waals surface area contributed by atoms with Crippen LogP contribution < -0.4 is 6.15 Å². The molecule has 6 heavy (non-hydrogen) atoms. The minimum absolute atomic E-state index is 0. The molecule has 0 aromatic heterocycles. The second kappa shape index (κ2) is 9.21. The van der Waals surface area contributed by atoms with E-state index in [4.69, 9.17) is 11.6 Å². The van der Waals surface area contributed by atoms with Crippen molar-refractivity contribution in [1.82, 2.24) is 6.15 Å². The summed E-state index contributed by atoms with van der Waals surface area (Å²) in [6.45, 7) is 0. The van der Waals surface area contributed by atoms with Gasteiger partial charge in [0.05, 0.1) is 0 Å². The second-order valence-electron chi connectivity index (χ2n) is 0.732. The van der Waals surface area contributed by atoms with Crippen LogP contribution in [-0.2, 0) is 0 Å². The molecular weight excluding hydrogens is 165 g/mol. The van der Waals surface area contributed by atoms with E-state index in [2.05, 4.69) is 15.9 Å². The number of alkyl halides is 2. The standard InChI is InChI=1S/C3H6BrCl.H3N/c4-2-1-3-5;/h1-3H2;1H3. The second-order valence-corrected chi connectivity index (χ2v) is 1.90. The predicted molar refractivity (Wildman–Crippen MR) is 34.2 cm³/mol. The Morgan fingerprint density at radius 1 is 1.50 bits per heavy atom. The van der Waals surface area contributed by atoms with E-state index < -0.39 is 0 Å². The molecule has 0 aromatic carbocycles. The summed E-state index contributed by atoms with van der Waals surface area (Å²) in [5.74, 6) is 0.769. The van der Waals surface area contributed by atoms with Crippen LogP contribution >= 0.6 is 27.5 Å². The molecule has 0 radical (unpaired) electrons. The van der Waals surface area contributed by atoms with Gasteiger partial charge < -0.3 is 6.15 Å². The predicted octanol–water partition coefficient (Wildman–Crippen LogP) is 2.17. The van der Waals surface area contributed by atoms with Gasteiger partial charge in [0.1, 0.15) is 0 Å². The fourth-order valence-corrected chi connectivity index (χ4v) is 0.787. The van der Waals surface area contributed by atoms with E-state index in [1.807, 2.05) is 0 Å². The van der Waals surface area contributed by atoms with Gasteiger partial charge in [-0.3, -0.25) is 0 Å². The maximum atomic E-state index is 5.27. The number of hydrogen-bond donors (Lipinski definition) is 1. The minimum Gasteiger partial charge on any atom is -0.344 e. The maximum absolute atomic E-state index is 5.27. The van der Waals surface area contributed by atoms with Crippen LogP contribution in [-0.4, -0.2) is 11.2 Å². The van der Waals surface area contributed by atoms with Crippen LogP contribution in [0.1, 0.15) is 6.42 Å². The quantitative estimate of drug-likeness (QED) is 0.640. The van der Waals surface area contributed by atoms with Crippen LogP contribution in [0.15, 0.2) is 0 Å². The van der Waals surface area contributed by atoms with Gasteiger partial charge in [0.2, 0.25) is 0 Å². The lowest BCUT2D eigenvalue weighted by molar-refractivity contribution is 1.13. The SMILES string of the molecule is ClCCCBr.N. The van der Waals surface area contributed by atoms with E-state index in [1.165, 1.54) is 0 Å². The lowest BCUT2D eigenvalue weighted by Crippen LogP contribution is -1.70. The van der Waals surface area contributed by atoms with Crippen molar-refractivity contribution in [2.75, 3.05) is 11.2 Å². The largest absolute Gasteiger partial charge is 0.344 e. The van der Waals surface area contributed by atoms with E-state index in [1.54, 1.807) is 0 Å². The van der Waals surface area contributed by atoms with Crippen molar-refractivity contribution in [2.24, 2.45) is 0 Å². The van der Waals surface area contributed by atoms with Gasteiger partial charge >= 0.3 is 0 Å². The molecule has 0 aliphatic carbocycles. The average molecular weight is 174 g/mol. The number of halogens is 2. The molecule has 1 nitrogen and oxygen atoms in total. The van der Waals surface area contributed by atoms with Crippen LogP contribution in [0, 0.1) is 0 Å². The summed E-state index contributed by atoms with van der Waals surface area (Å²) in [6.07, 6.45) is 1.07. The van der Waals surface area contributed by atoms with Crippen molar-refractivity contribution in [1.29, 1.82) is 0 Å². The topological polar surface area (TPSA) is 35.0 Å². The fourth-order valence-electron chi connectivity index (χ4n) is 0.0505. The molecule has 40 valence electrons. The summed E-state index contributed by atoms with van der Waals surface area (Å²) >= 11 is 8.50. The molecule has 0 saturated carbocycles. The molecule has 0 heterocycles. The molecule has 0 fully saturated rings. The highest BCUT2D eigenvalue weighted by Crippen LogP contribution is 1.87. The molecule has 0 aromatic rings. The van der Waals surface area contributed by atoms with Gasteiger partial charge in [-0.25, -0.2) is 0 Å². The molecule has 0 atom stereocenters. The molecular formula is C3H9BrClN. The zero-order chi connectivity index (χ0) is 4.12. The fraction of sp³-hybridized carbons (Fsp3) is 1.00. The lowest BCUT2D eigenvalue weighted by Gasteiger charge is -1.75. The van der Waals surface area contributed by atoms with Crippen molar-refractivity contribution in [2.45, 2.75) is 6.42 Å². The van der Waals surface area contributed by atoms with Gasteiger partial charge in [0.15, 0.2) is 0 Å². The highest BCUT2D eigenvalue weighted by Gasteiger charge is 1.71. The minimum atomic E-state index is 0. The van der Waals surface area contributed by atoms with Crippen LogP contribution in [0.4, 0.5) is 0 Å². The Morgan fingerprint density at radius 3 is 2.00 bits per heavy atom. The first-order valence-corrected chi connectivity index (χ1v) is 3.19. The molecule has 0 aliphatic rings. The Hall–Kier alpha value is 0.730. The third-order valence-corrected chi connectivity index (χ3v) is 1.10. The number of hydrogen-bond acceptors (Lipinski definition) is 1. The Labute approximate surface area is 51.8 Å². The van der Waals surface area contributed by atoms with E-state index in [0.717, 1.165) is 17.6 Å². The molecule has 0 amide bonds. The first kappa shape index (κ1) is 9.88. The van der Waals surface area contributed by atoms with Gasteiger partial charge in [0.25, 0.3) is 0 Å². The monoisotopic (exact) mass is 173 g/mol. The normalized spacial score (nSPS) is 7.00. The maximum Gasteiger partial charge on any atom is 0.0231 e. The average Bonchev–Trinajstić information content (AvgIpc) is 1.41. The van der Waals surface area contributed by atoms with Crippen LogP contribution in [0.25, 0.3) is 0 Å². The Balaban J connectivity index is 0. The van der Waals surface area contributed by atoms with Crippen molar-refractivity contribution in [3.63, 3.8) is 0 Å². The van der Waals surface area contributed by atoms with Gasteiger partial charge in [-0.05, 0) is 6.42 Å². The Bertz CT molecular complexity index is 18.3. The Morgan fingerprint density at radius 2 is 2.00 bits per heavy atom. The lowest BCUT2D eigenvalue weighted by atomic mass is 10.6. The Kier molecular flexibility index (Phi) is 15.2. The zero-order valence-electron chi connectivity index (χ0n) is 3.58. The molecule has 0 bridgehead atoms. The van der Waals surface area contributed by atoms with Crippen LogP contribution in [0.5, 0.6) is 0 Å². The van der Waals surface area contributed by atoms with Crippen molar-refractivity contribution < 1.29 is 0 Å². The molecule has 0 rings (SSSR count). The first-order valence-electron chi connectivity index (χ1n) is 1.53. The van der Waals surface area contributed by atoms with Gasteiger partial charge in [-0.2, -0.15) is 0 Å². The van der Waals surface area contributed by atoms with Crippen LogP contribution in [0.2, 0.25) is 0 Å². The molecule has 3 heteroatoms. The van der Waals surface area contributed by atoms with Gasteiger partial charge in [0, 0.05) is 11.2 Å². The molecule has 0 aliphatic heterocycles. The van der Waals surface area contributed by atoms with E-state index >= 15 is 0 Å². The summed E-state index contributed by atoms with van der Waals surface area (Å²) in [5.41, 5.74) is 0. The summed E-state index contributed by atoms with van der Waals surface area (Å²) in [4.78, 5) is 0. The van der Waals surface area contributed by atoms with Crippen molar-refractivity contribution in [3.8, 4) is 0 Å². The third kappa shape index (κ3) is 8.83. The van der Waals surface area contributed by atoms with Gasteiger partial charge in [-0.15, -0.1) is 11.6 Å². The summed E-state index contributed by atoms with van der Waals surface area (Å²) in [7, 11) is 0. The molecule has 0 unspecified atom stereocenters. The van der Waals surface area contributed by atoms with Crippen molar-refractivity contribution in [3.05, 3.63) is 0 Å². The summed E-state index contributed by atoms with van der Waals surface area (Å²) in [6, 6.07) is 0. The van der Waals surface area contributed by atoms with E-state index in [-0.39, 0.29) is 6.15 Å². The smallest absolute Gasteiger partial charge is 0.0231 e. The van der Waals surface area contributed by atoms with E-state index in [0.29, 0.717) is 0 Å². The zero-order valence-corrected chi connectivity index (χ0v) is 5.93. The molecule has 0 saturated heterocycles. The number of rotatable bonds is 2. The molecule has 3 N–H and O–H groups in total. The highest BCUT2D eigenvalue weighted by atomic mass is 79.9. The van der Waals surface area contributed by atoms with Crippen molar-refractivity contribution >= 4 is 27.5 Å². The summed E-state index contributed by atoms with van der Waals surface area (Å²) < 4.78 is 0. The third-order valence-electron chi connectivity index (χ3n) is 0.267. The summed E-state index contributed by atoms with van der Waals surface area (Å²) in [5, 5.41) is 1.02. The van der Waals surface area contributed by atoms with Crippen LogP contribution in [0.3, 0.4) is 0 Å². The molecule has 0 spiro atoms. The van der Waals surface area contributed by atoms with Gasteiger partial charge in [-0.1, -0.05) is 15.9 Å². The first-order chi connectivity index (χ1) is 2.41.